The molecule has 0 N–H and O–H groups in total. The van der Waals surface area contributed by atoms with E-state index >= 15 is 0 Å². The molecule has 1 radical (unpaired) electrons. The molecule has 1 nitrogen and oxygen atoms in total. The molecule has 0 aliphatic rings. The number of ether oxygens (including phenoxy) is 1. The zero-order chi connectivity index (χ0) is 8.10. The van der Waals surface area contributed by atoms with Gasteiger partial charge in [0.1, 0.15) is 5.75 Å². The summed E-state index contributed by atoms with van der Waals surface area (Å²) in [7, 11) is 0. The first-order valence-corrected chi connectivity index (χ1v) is 3.99. The number of para-hydroxylation sites is 1. The Morgan fingerprint density at radius 1 is 1.45 bits per heavy atom. The fourth-order valence-corrected chi connectivity index (χ4v) is 1.03. The molecule has 0 saturated heterocycles. The molecule has 0 heterocycles. The second-order valence-corrected chi connectivity index (χ2v) is 2.30. The van der Waals surface area contributed by atoms with Crippen molar-refractivity contribution in [3.63, 3.8) is 0 Å². The SMILES string of the molecule is C[CH]c1ccccc1OCCl. The minimum Gasteiger partial charge on any atom is -0.478 e. The molecule has 0 atom stereocenters. The highest BCUT2D eigenvalue weighted by Gasteiger charge is 1.97. The van der Waals surface area contributed by atoms with Crippen LogP contribution in [-0.2, 0) is 0 Å². The van der Waals surface area contributed by atoms with Gasteiger partial charge < -0.3 is 4.74 Å². The van der Waals surface area contributed by atoms with Gasteiger partial charge >= 0.3 is 0 Å². The zero-order valence-electron chi connectivity index (χ0n) is 6.38. The van der Waals surface area contributed by atoms with Crippen molar-refractivity contribution in [1.82, 2.24) is 0 Å². The fraction of sp³-hybridized carbons (Fsp3) is 0.222. The predicted molar refractivity (Wildman–Crippen MR) is 46.9 cm³/mol. The van der Waals surface area contributed by atoms with Crippen molar-refractivity contribution >= 4 is 11.6 Å². The van der Waals surface area contributed by atoms with E-state index in [1.807, 2.05) is 37.6 Å². The van der Waals surface area contributed by atoms with Crippen molar-refractivity contribution in [2.75, 3.05) is 6.07 Å². The molecular weight excluding hydrogens is 160 g/mol. The molecule has 0 amide bonds. The first kappa shape index (κ1) is 8.41. The van der Waals surface area contributed by atoms with E-state index in [1.165, 1.54) is 0 Å². The van der Waals surface area contributed by atoms with Crippen LogP contribution in [0.2, 0.25) is 0 Å². The molecule has 0 saturated carbocycles. The van der Waals surface area contributed by atoms with Crippen molar-refractivity contribution in [2.45, 2.75) is 6.92 Å². The van der Waals surface area contributed by atoms with Crippen LogP contribution in [-0.4, -0.2) is 6.07 Å². The number of alkyl halides is 1. The van der Waals surface area contributed by atoms with Gasteiger partial charge in [-0.2, -0.15) is 0 Å². The molecule has 59 valence electrons. The quantitative estimate of drug-likeness (QED) is 0.633. The molecule has 0 aliphatic carbocycles. The minimum atomic E-state index is 0.199. The highest BCUT2D eigenvalue weighted by atomic mass is 35.5. The lowest BCUT2D eigenvalue weighted by Gasteiger charge is -2.05. The monoisotopic (exact) mass is 169 g/mol. The highest BCUT2D eigenvalue weighted by Crippen LogP contribution is 2.19. The van der Waals surface area contributed by atoms with Crippen LogP contribution >= 0.6 is 11.6 Å². The van der Waals surface area contributed by atoms with E-state index in [-0.39, 0.29) is 6.07 Å². The Kier molecular flexibility index (Phi) is 3.24. The Labute approximate surface area is 71.9 Å². The van der Waals surface area contributed by atoms with E-state index in [2.05, 4.69) is 0 Å². The van der Waals surface area contributed by atoms with E-state index in [0.29, 0.717) is 0 Å². The summed E-state index contributed by atoms with van der Waals surface area (Å²) in [5, 5.41) is 0. The van der Waals surface area contributed by atoms with Gasteiger partial charge in [-0.3, -0.25) is 0 Å². The van der Waals surface area contributed by atoms with E-state index in [4.69, 9.17) is 16.3 Å². The number of halogens is 1. The predicted octanol–water partition coefficient (Wildman–Crippen LogP) is 2.83. The van der Waals surface area contributed by atoms with Crippen molar-refractivity contribution < 1.29 is 4.74 Å². The van der Waals surface area contributed by atoms with Crippen molar-refractivity contribution in [3.8, 4) is 5.75 Å². The van der Waals surface area contributed by atoms with Gasteiger partial charge in [-0.25, -0.2) is 0 Å². The van der Waals surface area contributed by atoms with Crippen LogP contribution in [0.25, 0.3) is 0 Å². The number of rotatable bonds is 3. The van der Waals surface area contributed by atoms with Gasteiger partial charge in [0.05, 0.1) is 0 Å². The average Bonchev–Trinajstić information content (AvgIpc) is 2.06. The van der Waals surface area contributed by atoms with Crippen LogP contribution in [0.3, 0.4) is 0 Å². The van der Waals surface area contributed by atoms with Gasteiger partial charge in [0.25, 0.3) is 0 Å². The lowest BCUT2D eigenvalue weighted by Crippen LogP contribution is -1.92. The van der Waals surface area contributed by atoms with Crippen molar-refractivity contribution in [1.29, 1.82) is 0 Å². The van der Waals surface area contributed by atoms with Gasteiger partial charge in [0.2, 0.25) is 0 Å². The second kappa shape index (κ2) is 4.24. The number of benzene rings is 1. The lowest BCUT2D eigenvalue weighted by atomic mass is 10.1. The number of hydrogen-bond donors (Lipinski definition) is 0. The minimum absolute atomic E-state index is 0.199. The van der Waals surface area contributed by atoms with Gasteiger partial charge in [0.15, 0.2) is 6.07 Å². The van der Waals surface area contributed by atoms with Gasteiger partial charge in [-0.1, -0.05) is 36.7 Å². The largest absolute Gasteiger partial charge is 0.478 e. The molecule has 0 unspecified atom stereocenters. The Balaban J connectivity index is 2.83. The average molecular weight is 170 g/mol. The molecule has 0 spiro atoms. The molecule has 1 aromatic carbocycles. The third kappa shape index (κ3) is 2.12. The summed E-state index contributed by atoms with van der Waals surface area (Å²) in [5.74, 6) is 0.838. The molecule has 1 rings (SSSR count). The number of hydrogen-bond acceptors (Lipinski definition) is 1. The van der Waals surface area contributed by atoms with Gasteiger partial charge in [-0.05, 0) is 18.1 Å². The van der Waals surface area contributed by atoms with Crippen LogP contribution in [0.1, 0.15) is 12.5 Å². The Bertz CT molecular complexity index is 223. The summed E-state index contributed by atoms with van der Waals surface area (Å²) in [6.07, 6.45) is 1.99. The first-order chi connectivity index (χ1) is 5.38. The molecule has 2 heteroatoms. The summed E-state index contributed by atoms with van der Waals surface area (Å²) in [6, 6.07) is 7.98. The van der Waals surface area contributed by atoms with Crippen LogP contribution in [0.5, 0.6) is 5.75 Å². The Morgan fingerprint density at radius 3 is 2.82 bits per heavy atom. The summed E-state index contributed by atoms with van der Waals surface area (Å²) in [5.41, 5.74) is 1.08. The van der Waals surface area contributed by atoms with E-state index in [9.17, 15) is 0 Å². The molecule has 1 aromatic rings. The Morgan fingerprint density at radius 2 is 2.18 bits per heavy atom. The third-order valence-electron chi connectivity index (χ3n) is 1.44. The lowest BCUT2D eigenvalue weighted by molar-refractivity contribution is 0.386. The molecule has 11 heavy (non-hydrogen) atoms. The Hall–Kier alpha value is -0.690. The maximum atomic E-state index is 5.43. The van der Waals surface area contributed by atoms with Crippen LogP contribution in [0, 0.1) is 6.42 Å². The maximum absolute atomic E-state index is 5.43. The molecule has 0 aromatic heterocycles. The van der Waals surface area contributed by atoms with E-state index in [1.54, 1.807) is 0 Å². The third-order valence-corrected chi connectivity index (χ3v) is 1.55. The normalized spacial score (nSPS) is 9.64. The smallest absolute Gasteiger partial charge is 0.162 e. The summed E-state index contributed by atoms with van der Waals surface area (Å²) >= 11 is 5.43. The zero-order valence-corrected chi connectivity index (χ0v) is 7.14. The summed E-state index contributed by atoms with van der Waals surface area (Å²) in [6.45, 7) is 1.97. The highest BCUT2D eigenvalue weighted by molar-refractivity contribution is 6.17. The fourth-order valence-electron chi connectivity index (χ4n) is 0.909. The molecular formula is C9H10ClO. The van der Waals surface area contributed by atoms with Crippen LogP contribution in [0.4, 0.5) is 0 Å². The second-order valence-electron chi connectivity index (χ2n) is 2.08. The molecule has 0 fully saturated rings. The van der Waals surface area contributed by atoms with Crippen molar-refractivity contribution in [3.05, 3.63) is 36.2 Å². The van der Waals surface area contributed by atoms with Crippen molar-refractivity contribution in [2.24, 2.45) is 0 Å². The van der Waals surface area contributed by atoms with Crippen LogP contribution in [0.15, 0.2) is 24.3 Å². The van der Waals surface area contributed by atoms with E-state index in [0.717, 1.165) is 11.3 Å². The van der Waals surface area contributed by atoms with Gasteiger partial charge in [0, 0.05) is 0 Å². The first-order valence-electron chi connectivity index (χ1n) is 3.45. The van der Waals surface area contributed by atoms with E-state index < -0.39 is 0 Å². The maximum Gasteiger partial charge on any atom is 0.162 e. The summed E-state index contributed by atoms with van der Waals surface area (Å²) in [4.78, 5) is 0. The summed E-state index contributed by atoms with van der Waals surface area (Å²) < 4.78 is 5.16. The topological polar surface area (TPSA) is 9.23 Å². The standard InChI is InChI=1S/C9H10ClO/c1-2-8-5-3-4-6-9(8)11-7-10/h2-6H,7H2,1H3. The van der Waals surface area contributed by atoms with Gasteiger partial charge in [-0.15, -0.1) is 0 Å². The molecule has 0 bridgehead atoms. The van der Waals surface area contributed by atoms with Crippen LogP contribution < -0.4 is 4.74 Å². The molecule has 0 aliphatic heterocycles.